The number of nitrogens with one attached hydrogen (secondary N) is 2. The number of aromatic nitrogens is 2. The van der Waals surface area contributed by atoms with E-state index in [9.17, 15) is 0 Å². The summed E-state index contributed by atoms with van der Waals surface area (Å²) in [5.74, 6) is 0. The first-order chi connectivity index (χ1) is 8.00. The summed E-state index contributed by atoms with van der Waals surface area (Å²) in [6, 6.07) is 0. The maximum atomic E-state index is 3.41. The lowest BCUT2D eigenvalue weighted by molar-refractivity contribution is 1.22. The normalized spacial score (nSPS) is 11.6. The van der Waals surface area contributed by atoms with Crippen LogP contribution in [0, 0.1) is 34.6 Å². The molecule has 17 heavy (non-hydrogen) atoms. The zero-order valence-corrected chi connectivity index (χ0v) is 11.2. The first-order valence-electron chi connectivity index (χ1n) is 5.99. The van der Waals surface area contributed by atoms with Crippen LogP contribution in [0.2, 0.25) is 0 Å². The summed E-state index contributed by atoms with van der Waals surface area (Å²) in [5.41, 5.74) is 8.95. The number of aromatic amines is 2. The lowest BCUT2D eigenvalue weighted by atomic mass is 10.1. The van der Waals surface area contributed by atoms with E-state index >= 15 is 0 Å². The fraction of sp³-hybridized carbons (Fsp3) is 0.333. The van der Waals surface area contributed by atoms with Crippen LogP contribution in [0.25, 0.3) is 12.2 Å². The first-order valence-corrected chi connectivity index (χ1v) is 5.99. The smallest absolute Gasteiger partial charge is 0.0415 e. The molecule has 0 fully saturated rings. The van der Waals surface area contributed by atoms with E-state index in [1.54, 1.807) is 0 Å². The van der Waals surface area contributed by atoms with Gasteiger partial charge in [0.15, 0.2) is 0 Å². The molecule has 2 nitrogen and oxygen atoms in total. The lowest BCUT2D eigenvalue weighted by Gasteiger charge is -1.94. The largest absolute Gasteiger partial charge is 0.361 e. The highest BCUT2D eigenvalue weighted by atomic mass is 14.7. The summed E-state index contributed by atoms with van der Waals surface area (Å²) in [7, 11) is 0. The third kappa shape index (κ3) is 2.07. The van der Waals surface area contributed by atoms with Crippen molar-refractivity contribution < 1.29 is 0 Å². The Kier molecular flexibility index (Phi) is 2.97. The van der Waals surface area contributed by atoms with Gasteiger partial charge in [-0.1, -0.05) is 0 Å². The topological polar surface area (TPSA) is 31.6 Å². The van der Waals surface area contributed by atoms with Crippen molar-refractivity contribution in [1.29, 1.82) is 0 Å². The summed E-state index contributed by atoms with van der Waals surface area (Å²) in [4.78, 5) is 6.69. The van der Waals surface area contributed by atoms with Crippen LogP contribution in [-0.2, 0) is 0 Å². The van der Waals surface area contributed by atoms with Crippen molar-refractivity contribution in [2.24, 2.45) is 0 Å². The lowest BCUT2D eigenvalue weighted by Crippen LogP contribution is -1.79. The maximum absolute atomic E-state index is 3.41. The van der Waals surface area contributed by atoms with Crippen molar-refractivity contribution >= 4 is 12.2 Å². The van der Waals surface area contributed by atoms with Gasteiger partial charge in [0.1, 0.15) is 0 Å². The molecule has 2 aromatic heterocycles. The summed E-state index contributed by atoms with van der Waals surface area (Å²) in [5, 5.41) is 0. The Morgan fingerprint density at radius 1 is 0.824 bits per heavy atom. The predicted molar refractivity (Wildman–Crippen MR) is 74.2 cm³/mol. The molecule has 0 aliphatic rings. The van der Waals surface area contributed by atoms with E-state index in [4.69, 9.17) is 0 Å². The predicted octanol–water partition coefficient (Wildman–Crippen LogP) is 4.06. The van der Waals surface area contributed by atoms with Crippen molar-refractivity contribution in [2.75, 3.05) is 0 Å². The zero-order valence-electron chi connectivity index (χ0n) is 11.2. The Labute approximate surface area is 103 Å². The number of rotatable bonds is 2. The highest BCUT2D eigenvalue weighted by molar-refractivity contribution is 5.70. The average molecular weight is 228 g/mol. The molecule has 0 atom stereocenters. The molecular weight excluding hydrogens is 208 g/mol. The summed E-state index contributed by atoms with van der Waals surface area (Å²) >= 11 is 0. The van der Waals surface area contributed by atoms with Gasteiger partial charge in [0, 0.05) is 23.3 Å². The number of hydrogen-bond donors (Lipinski definition) is 2. The average Bonchev–Trinajstić information content (AvgIpc) is 2.74. The molecule has 0 radical (unpaired) electrons. The van der Waals surface area contributed by atoms with Gasteiger partial charge in [0.25, 0.3) is 0 Å². The molecule has 2 aromatic rings. The molecule has 0 aliphatic heterocycles. The minimum atomic E-state index is 1.19. The molecule has 0 saturated heterocycles. The van der Waals surface area contributed by atoms with Crippen molar-refractivity contribution in [3.63, 3.8) is 0 Å². The van der Waals surface area contributed by atoms with Crippen LogP contribution in [-0.4, -0.2) is 9.97 Å². The van der Waals surface area contributed by atoms with E-state index in [1.807, 2.05) is 6.20 Å². The van der Waals surface area contributed by atoms with Gasteiger partial charge in [-0.2, -0.15) is 0 Å². The third-order valence-corrected chi connectivity index (χ3v) is 3.71. The molecule has 0 amide bonds. The van der Waals surface area contributed by atoms with Gasteiger partial charge < -0.3 is 9.97 Å². The van der Waals surface area contributed by atoms with Gasteiger partial charge in [-0.15, -0.1) is 0 Å². The standard InChI is InChI=1S/C15H20N2/c1-9-8-16-14(10(9)2)6-7-15-12(4)11(3)13(5)17-15/h6-8,16-17H,1-5H3/b7-6+. The van der Waals surface area contributed by atoms with E-state index in [0.29, 0.717) is 0 Å². The van der Waals surface area contributed by atoms with Gasteiger partial charge in [-0.05, 0) is 69.0 Å². The molecular formula is C15H20N2. The Morgan fingerprint density at radius 2 is 1.47 bits per heavy atom. The van der Waals surface area contributed by atoms with E-state index < -0.39 is 0 Å². The number of hydrogen-bond acceptors (Lipinski definition) is 0. The molecule has 0 saturated carbocycles. The van der Waals surface area contributed by atoms with E-state index in [0.717, 1.165) is 0 Å². The van der Waals surface area contributed by atoms with Gasteiger partial charge in [0.05, 0.1) is 0 Å². The first kappa shape index (κ1) is 11.8. The summed E-state index contributed by atoms with van der Waals surface area (Å²) < 4.78 is 0. The van der Waals surface area contributed by atoms with E-state index in [-0.39, 0.29) is 0 Å². The van der Waals surface area contributed by atoms with E-state index in [1.165, 1.54) is 39.3 Å². The Morgan fingerprint density at radius 3 is 1.94 bits per heavy atom. The van der Waals surface area contributed by atoms with Gasteiger partial charge >= 0.3 is 0 Å². The fourth-order valence-corrected chi connectivity index (χ4v) is 1.99. The van der Waals surface area contributed by atoms with Crippen LogP contribution < -0.4 is 0 Å². The molecule has 2 rings (SSSR count). The molecule has 2 N–H and O–H groups in total. The van der Waals surface area contributed by atoms with Crippen LogP contribution in [0.4, 0.5) is 0 Å². The van der Waals surface area contributed by atoms with Crippen molar-refractivity contribution in [3.05, 3.63) is 45.5 Å². The maximum Gasteiger partial charge on any atom is 0.0415 e. The SMILES string of the molecule is Cc1c[nH]c(/C=C/c2[nH]c(C)c(C)c2C)c1C. The minimum Gasteiger partial charge on any atom is -0.361 e. The van der Waals surface area contributed by atoms with E-state index in [2.05, 4.69) is 56.7 Å². The molecule has 2 heteroatoms. The molecule has 0 unspecified atom stereocenters. The van der Waals surface area contributed by atoms with Crippen molar-refractivity contribution in [2.45, 2.75) is 34.6 Å². The van der Waals surface area contributed by atoms with Gasteiger partial charge in [-0.25, -0.2) is 0 Å². The highest BCUT2D eigenvalue weighted by Crippen LogP contribution is 2.19. The fourth-order valence-electron chi connectivity index (χ4n) is 1.99. The van der Waals surface area contributed by atoms with Gasteiger partial charge in [-0.3, -0.25) is 0 Å². The number of aryl methyl sites for hydroxylation is 2. The molecule has 0 bridgehead atoms. The highest BCUT2D eigenvalue weighted by Gasteiger charge is 2.05. The Bertz CT molecular complexity index is 568. The van der Waals surface area contributed by atoms with Gasteiger partial charge in [0.2, 0.25) is 0 Å². The Balaban J connectivity index is 2.32. The van der Waals surface area contributed by atoms with Crippen LogP contribution in [0.3, 0.4) is 0 Å². The van der Waals surface area contributed by atoms with Crippen LogP contribution in [0.5, 0.6) is 0 Å². The third-order valence-electron chi connectivity index (χ3n) is 3.71. The molecule has 0 aliphatic carbocycles. The van der Waals surface area contributed by atoms with Crippen LogP contribution in [0.1, 0.15) is 39.3 Å². The van der Waals surface area contributed by atoms with Crippen LogP contribution in [0.15, 0.2) is 6.20 Å². The molecule has 0 aromatic carbocycles. The second-order valence-corrected chi connectivity index (χ2v) is 4.76. The quantitative estimate of drug-likeness (QED) is 0.777. The molecule has 0 spiro atoms. The summed E-state index contributed by atoms with van der Waals surface area (Å²) in [6.45, 7) is 10.7. The molecule has 90 valence electrons. The monoisotopic (exact) mass is 228 g/mol. The Hall–Kier alpha value is -1.70. The van der Waals surface area contributed by atoms with Crippen LogP contribution >= 0.6 is 0 Å². The van der Waals surface area contributed by atoms with Crippen molar-refractivity contribution in [3.8, 4) is 0 Å². The number of H-pyrrole nitrogens is 2. The minimum absolute atomic E-state index is 1.19. The molecule has 2 heterocycles. The second-order valence-electron chi connectivity index (χ2n) is 4.76. The zero-order chi connectivity index (χ0) is 12.6. The van der Waals surface area contributed by atoms with Crippen molar-refractivity contribution in [1.82, 2.24) is 9.97 Å². The second kappa shape index (κ2) is 4.28. The summed E-state index contributed by atoms with van der Waals surface area (Å²) in [6.07, 6.45) is 6.33.